The number of piperidine rings is 1. The fourth-order valence-electron chi connectivity index (χ4n) is 2.97. The third kappa shape index (κ3) is 4.42. The fraction of sp³-hybridized carbons (Fsp3) is 0.389. The van der Waals surface area contributed by atoms with Crippen LogP contribution in [-0.4, -0.2) is 46.1 Å². The normalized spacial score (nSPS) is 20.8. The van der Waals surface area contributed by atoms with E-state index in [1.54, 1.807) is 35.6 Å². The van der Waals surface area contributed by atoms with Crippen molar-refractivity contribution >= 4 is 17.2 Å². The van der Waals surface area contributed by atoms with Gasteiger partial charge in [-0.3, -0.25) is 9.69 Å². The number of hydrogen-bond acceptors (Lipinski definition) is 6. The van der Waals surface area contributed by atoms with Gasteiger partial charge in [0, 0.05) is 30.6 Å². The van der Waals surface area contributed by atoms with Gasteiger partial charge in [-0.2, -0.15) is 5.26 Å². The lowest BCUT2D eigenvalue weighted by atomic mass is 10.0. The Balaban J connectivity index is 1.54. The number of aliphatic hydroxyl groups is 1. The molecule has 2 aromatic rings. The molecule has 7 heteroatoms. The Kier molecular flexibility index (Phi) is 5.43. The number of nitrogens with zero attached hydrogens (tertiary/aromatic N) is 3. The molecular weight excluding hydrogens is 336 g/mol. The maximum Gasteiger partial charge on any atom is 0.251 e. The summed E-state index contributed by atoms with van der Waals surface area (Å²) in [6.07, 6.45) is 0.0718. The number of carbonyl (C=O) groups excluding carboxylic acids is 1. The number of carbonyl (C=O) groups is 1. The molecule has 2 atom stereocenters. The molecule has 25 heavy (non-hydrogen) atoms. The minimum atomic E-state index is -0.615. The van der Waals surface area contributed by atoms with E-state index < -0.39 is 6.10 Å². The predicted molar refractivity (Wildman–Crippen MR) is 95.2 cm³/mol. The molecule has 130 valence electrons. The smallest absolute Gasteiger partial charge is 0.251 e. The van der Waals surface area contributed by atoms with E-state index >= 15 is 0 Å². The lowest BCUT2D eigenvalue weighted by molar-refractivity contribution is 0.0346. The third-order valence-corrected chi connectivity index (χ3v) is 5.13. The topological polar surface area (TPSA) is 89.3 Å². The quantitative estimate of drug-likeness (QED) is 0.870. The molecule has 1 fully saturated rings. The van der Waals surface area contributed by atoms with Crippen LogP contribution < -0.4 is 5.32 Å². The van der Waals surface area contributed by atoms with Gasteiger partial charge >= 0.3 is 0 Å². The monoisotopic (exact) mass is 356 g/mol. The van der Waals surface area contributed by atoms with E-state index in [2.05, 4.69) is 15.2 Å². The zero-order chi connectivity index (χ0) is 17.8. The fourth-order valence-corrected chi connectivity index (χ4v) is 3.57. The van der Waals surface area contributed by atoms with Crippen LogP contribution in [0.1, 0.15) is 33.0 Å². The minimum Gasteiger partial charge on any atom is -0.390 e. The van der Waals surface area contributed by atoms with Crippen molar-refractivity contribution < 1.29 is 9.90 Å². The van der Waals surface area contributed by atoms with Gasteiger partial charge < -0.3 is 10.4 Å². The van der Waals surface area contributed by atoms with Crippen LogP contribution in [0, 0.1) is 18.3 Å². The van der Waals surface area contributed by atoms with Crippen molar-refractivity contribution in [3.63, 3.8) is 0 Å². The van der Waals surface area contributed by atoms with Gasteiger partial charge in [0.05, 0.1) is 34.5 Å². The molecule has 0 aliphatic carbocycles. The average molecular weight is 356 g/mol. The lowest BCUT2D eigenvalue weighted by Gasteiger charge is -2.35. The Morgan fingerprint density at radius 1 is 1.48 bits per heavy atom. The van der Waals surface area contributed by atoms with Crippen molar-refractivity contribution in [3.05, 3.63) is 51.5 Å². The molecule has 1 amide bonds. The van der Waals surface area contributed by atoms with E-state index in [9.17, 15) is 9.90 Å². The Bertz CT molecular complexity index is 781. The first-order valence-electron chi connectivity index (χ1n) is 8.17. The van der Waals surface area contributed by atoms with Crippen molar-refractivity contribution in [2.45, 2.75) is 32.0 Å². The van der Waals surface area contributed by atoms with Gasteiger partial charge in [0.25, 0.3) is 5.91 Å². The van der Waals surface area contributed by atoms with E-state index in [0.717, 1.165) is 23.8 Å². The molecule has 1 aromatic heterocycles. The summed E-state index contributed by atoms with van der Waals surface area (Å²) in [6, 6.07) is 8.24. The molecule has 2 N–H and O–H groups in total. The van der Waals surface area contributed by atoms with E-state index in [1.807, 2.05) is 18.4 Å². The van der Waals surface area contributed by atoms with Gasteiger partial charge in [-0.25, -0.2) is 4.98 Å². The molecule has 2 heterocycles. The number of amides is 1. The number of benzene rings is 1. The van der Waals surface area contributed by atoms with Gasteiger partial charge in [-0.05, 0) is 37.6 Å². The molecule has 0 spiro atoms. The lowest BCUT2D eigenvalue weighted by Crippen LogP contribution is -2.53. The number of hydrogen-bond donors (Lipinski definition) is 2. The summed E-state index contributed by atoms with van der Waals surface area (Å²) in [4.78, 5) is 18.9. The minimum absolute atomic E-state index is 0.225. The molecule has 1 aliphatic rings. The zero-order valence-electron chi connectivity index (χ0n) is 14.0. The van der Waals surface area contributed by atoms with Crippen LogP contribution in [0.3, 0.4) is 0 Å². The first kappa shape index (κ1) is 17.5. The maximum atomic E-state index is 12.3. The Morgan fingerprint density at radius 3 is 2.84 bits per heavy atom. The van der Waals surface area contributed by atoms with Crippen molar-refractivity contribution in [3.8, 4) is 6.07 Å². The van der Waals surface area contributed by atoms with Crippen molar-refractivity contribution in [1.82, 2.24) is 15.2 Å². The van der Waals surface area contributed by atoms with E-state index in [4.69, 9.17) is 5.26 Å². The van der Waals surface area contributed by atoms with Crippen molar-refractivity contribution in [1.29, 1.82) is 5.26 Å². The summed E-state index contributed by atoms with van der Waals surface area (Å²) < 4.78 is 0. The molecule has 1 aliphatic heterocycles. The van der Waals surface area contributed by atoms with Crippen LogP contribution in [0.4, 0.5) is 0 Å². The second kappa shape index (κ2) is 7.74. The molecule has 1 aromatic carbocycles. The molecule has 0 bridgehead atoms. The van der Waals surface area contributed by atoms with Gasteiger partial charge in [0.15, 0.2) is 0 Å². The van der Waals surface area contributed by atoms with Crippen molar-refractivity contribution in [2.75, 3.05) is 13.1 Å². The number of β-amino-alcohol motifs (C(OH)–C–C–N with tert-alkyl or cyclic N) is 1. The summed E-state index contributed by atoms with van der Waals surface area (Å²) in [5, 5.41) is 25.2. The largest absolute Gasteiger partial charge is 0.390 e. The summed E-state index contributed by atoms with van der Waals surface area (Å²) in [6.45, 7) is 4.01. The number of rotatable bonds is 4. The van der Waals surface area contributed by atoms with Crippen LogP contribution in [0.15, 0.2) is 29.6 Å². The maximum absolute atomic E-state index is 12.3. The number of aryl methyl sites for hydroxylation is 1. The molecular formula is C18H20N4O2S. The standard InChI is InChI=1S/C18H20N4O2S/c1-12-20-15(11-25-12)9-22-7-6-16(17(23)10-22)21-18(24)14-4-2-13(8-19)3-5-14/h2-5,11,16-17,23H,6-7,9-10H2,1H3,(H,21,24)/t16-,17-/m1/s1. The van der Waals surface area contributed by atoms with Crippen LogP contribution in [0.25, 0.3) is 0 Å². The van der Waals surface area contributed by atoms with E-state index in [-0.39, 0.29) is 11.9 Å². The molecule has 0 saturated carbocycles. The van der Waals surface area contributed by atoms with Crippen LogP contribution >= 0.6 is 11.3 Å². The van der Waals surface area contributed by atoms with Crippen LogP contribution in [0.5, 0.6) is 0 Å². The number of nitrogens with one attached hydrogen (secondary N) is 1. The number of likely N-dealkylation sites (tertiary alicyclic amines) is 1. The predicted octanol–water partition coefficient (Wildman–Crippen LogP) is 1.69. The molecule has 3 rings (SSSR count). The number of nitriles is 1. The molecule has 0 radical (unpaired) electrons. The Labute approximate surface area is 150 Å². The van der Waals surface area contributed by atoms with Gasteiger partial charge in [0.2, 0.25) is 0 Å². The van der Waals surface area contributed by atoms with Crippen molar-refractivity contribution in [2.24, 2.45) is 0 Å². The number of aromatic nitrogens is 1. The SMILES string of the molecule is Cc1nc(CN2CC[C@@H](NC(=O)c3ccc(C#N)cc3)[C@H](O)C2)cs1. The van der Waals surface area contributed by atoms with E-state index in [0.29, 0.717) is 24.1 Å². The average Bonchev–Trinajstić information content (AvgIpc) is 3.02. The third-order valence-electron chi connectivity index (χ3n) is 4.31. The summed E-state index contributed by atoms with van der Waals surface area (Å²) in [5.74, 6) is -0.225. The van der Waals surface area contributed by atoms with Gasteiger partial charge in [-0.15, -0.1) is 11.3 Å². The highest BCUT2D eigenvalue weighted by Crippen LogP contribution is 2.16. The summed E-state index contributed by atoms with van der Waals surface area (Å²) in [7, 11) is 0. The second-order valence-electron chi connectivity index (χ2n) is 6.22. The van der Waals surface area contributed by atoms with Gasteiger partial charge in [-0.1, -0.05) is 0 Å². The molecule has 6 nitrogen and oxygen atoms in total. The number of thiazole rings is 1. The summed E-state index contributed by atoms with van der Waals surface area (Å²) >= 11 is 1.63. The highest BCUT2D eigenvalue weighted by Gasteiger charge is 2.29. The molecule has 0 unspecified atom stereocenters. The number of aliphatic hydroxyl groups excluding tert-OH is 1. The Hall–Kier alpha value is -2.27. The second-order valence-corrected chi connectivity index (χ2v) is 7.28. The van der Waals surface area contributed by atoms with Crippen LogP contribution in [-0.2, 0) is 6.54 Å². The first-order chi connectivity index (χ1) is 12.0. The molecule has 1 saturated heterocycles. The first-order valence-corrected chi connectivity index (χ1v) is 9.05. The van der Waals surface area contributed by atoms with Gasteiger partial charge in [0.1, 0.15) is 0 Å². The van der Waals surface area contributed by atoms with Crippen LogP contribution in [0.2, 0.25) is 0 Å². The highest BCUT2D eigenvalue weighted by molar-refractivity contribution is 7.09. The highest BCUT2D eigenvalue weighted by atomic mass is 32.1. The summed E-state index contributed by atoms with van der Waals surface area (Å²) in [5.41, 5.74) is 2.03. The van der Waals surface area contributed by atoms with E-state index in [1.165, 1.54) is 0 Å². The Morgan fingerprint density at radius 2 is 2.24 bits per heavy atom. The zero-order valence-corrected chi connectivity index (χ0v) is 14.8.